The highest BCUT2D eigenvalue weighted by Crippen LogP contribution is 2.48. The highest BCUT2D eigenvalue weighted by Gasteiger charge is 2.56. The van der Waals surface area contributed by atoms with Gasteiger partial charge in [-0.2, -0.15) is 0 Å². The minimum Gasteiger partial charge on any atom is -0.406 e. The molecule has 2 radical (unpaired) electrons. The normalized spacial score (nSPS) is 22.3. The van der Waals surface area contributed by atoms with Crippen LogP contribution in [-0.2, 0) is 10.3 Å². The number of fused-ring (bicyclic) bond motifs is 1. The molecule has 4 heteroatoms. The van der Waals surface area contributed by atoms with Gasteiger partial charge in [-0.05, 0) is 37.3 Å². The molecule has 0 aromatic heterocycles. The SMILES string of the molecule is CB1OC(c2ccccc2)(c2ccccc2)C2CCCN12.[B]C. The van der Waals surface area contributed by atoms with Crippen molar-refractivity contribution in [3.63, 3.8) is 0 Å². The maximum atomic E-state index is 6.61. The average molecular weight is 303 g/mol. The van der Waals surface area contributed by atoms with E-state index < -0.39 is 0 Å². The van der Waals surface area contributed by atoms with Crippen LogP contribution in [0.2, 0.25) is 13.6 Å². The summed E-state index contributed by atoms with van der Waals surface area (Å²) in [7, 11) is 4.68. The molecule has 1 atom stereocenters. The van der Waals surface area contributed by atoms with Crippen LogP contribution in [0.5, 0.6) is 0 Å². The summed E-state index contributed by atoms with van der Waals surface area (Å²) >= 11 is 0. The molecule has 4 rings (SSSR count). The van der Waals surface area contributed by atoms with Crippen molar-refractivity contribution in [2.75, 3.05) is 6.54 Å². The zero-order chi connectivity index (χ0) is 16.3. The van der Waals surface area contributed by atoms with Crippen molar-refractivity contribution in [1.29, 1.82) is 0 Å². The van der Waals surface area contributed by atoms with E-state index in [0.717, 1.165) is 6.54 Å². The first-order chi connectivity index (χ1) is 11.3. The predicted molar refractivity (Wildman–Crippen MR) is 97.7 cm³/mol. The van der Waals surface area contributed by atoms with Gasteiger partial charge in [0.1, 0.15) is 5.60 Å². The third-order valence-corrected chi connectivity index (χ3v) is 4.99. The fourth-order valence-electron chi connectivity index (χ4n) is 4.14. The molecular formula is C19H23B2NO. The second-order valence-corrected chi connectivity index (χ2v) is 6.08. The maximum Gasteiger partial charge on any atom is 0.380 e. The summed E-state index contributed by atoms with van der Waals surface area (Å²) in [5.74, 6) is 0. The van der Waals surface area contributed by atoms with E-state index >= 15 is 0 Å². The van der Waals surface area contributed by atoms with Crippen molar-refractivity contribution in [3.05, 3.63) is 71.8 Å². The van der Waals surface area contributed by atoms with Crippen molar-refractivity contribution in [3.8, 4) is 0 Å². The standard InChI is InChI=1S/C18H20BNO.CH3B/c1-19-20-14-8-13-17(20)18(21-19,15-9-4-2-5-10-15)16-11-6-3-7-12-16;1-2/h2-7,9-12,17H,8,13-14H2,1H3;1H3. The minimum absolute atomic E-state index is 0.179. The van der Waals surface area contributed by atoms with Gasteiger partial charge in [0.15, 0.2) is 0 Å². The Kier molecular flexibility index (Phi) is 4.93. The van der Waals surface area contributed by atoms with E-state index in [0.29, 0.717) is 6.04 Å². The molecule has 0 bridgehead atoms. The molecule has 0 saturated carbocycles. The molecule has 2 aliphatic heterocycles. The largest absolute Gasteiger partial charge is 0.406 e. The Morgan fingerprint density at radius 2 is 1.52 bits per heavy atom. The predicted octanol–water partition coefficient (Wildman–Crippen LogP) is 3.75. The Balaban J connectivity index is 0.000000753. The summed E-state index contributed by atoms with van der Waals surface area (Å²) in [4.78, 5) is 2.53. The van der Waals surface area contributed by atoms with Gasteiger partial charge in [0, 0.05) is 6.04 Å². The molecule has 0 amide bonds. The molecule has 2 nitrogen and oxygen atoms in total. The van der Waals surface area contributed by atoms with E-state index in [9.17, 15) is 0 Å². The molecule has 0 spiro atoms. The molecule has 23 heavy (non-hydrogen) atoms. The first kappa shape index (κ1) is 16.4. The van der Waals surface area contributed by atoms with Crippen LogP contribution in [0.25, 0.3) is 0 Å². The lowest BCUT2D eigenvalue weighted by atomic mass is 9.79. The van der Waals surface area contributed by atoms with Crippen LogP contribution in [0.15, 0.2) is 60.7 Å². The molecule has 0 aliphatic carbocycles. The van der Waals surface area contributed by atoms with Crippen LogP contribution >= 0.6 is 0 Å². The molecule has 2 aromatic rings. The quantitative estimate of drug-likeness (QED) is 0.784. The summed E-state index contributed by atoms with van der Waals surface area (Å²) in [6.07, 6.45) is 2.47. The zero-order valence-corrected chi connectivity index (χ0v) is 14.0. The van der Waals surface area contributed by atoms with Crippen molar-refractivity contribution in [2.45, 2.75) is 38.1 Å². The van der Waals surface area contributed by atoms with Crippen molar-refractivity contribution in [1.82, 2.24) is 4.81 Å². The van der Waals surface area contributed by atoms with Gasteiger partial charge < -0.3 is 9.47 Å². The highest BCUT2D eigenvalue weighted by molar-refractivity contribution is 6.48. The summed E-state index contributed by atoms with van der Waals surface area (Å²) < 4.78 is 6.61. The fraction of sp³-hybridized carbons (Fsp3) is 0.368. The maximum absolute atomic E-state index is 6.61. The van der Waals surface area contributed by atoms with Crippen LogP contribution in [0.3, 0.4) is 0 Å². The lowest BCUT2D eigenvalue weighted by Gasteiger charge is -2.36. The van der Waals surface area contributed by atoms with Crippen LogP contribution in [0.4, 0.5) is 0 Å². The van der Waals surface area contributed by atoms with Gasteiger partial charge in [0.25, 0.3) is 0 Å². The van der Waals surface area contributed by atoms with Crippen LogP contribution < -0.4 is 0 Å². The Morgan fingerprint density at radius 3 is 2.04 bits per heavy atom. The van der Waals surface area contributed by atoms with Gasteiger partial charge in [-0.1, -0.05) is 67.5 Å². The number of rotatable bonds is 2. The smallest absolute Gasteiger partial charge is 0.380 e. The minimum atomic E-state index is -0.321. The van der Waals surface area contributed by atoms with Crippen LogP contribution in [0, 0.1) is 0 Å². The van der Waals surface area contributed by atoms with E-state index in [2.05, 4.69) is 80.1 Å². The van der Waals surface area contributed by atoms with Crippen molar-refractivity contribution in [2.24, 2.45) is 0 Å². The third kappa shape index (κ3) is 2.64. The van der Waals surface area contributed by atoms with E-state index in [4.69, 9.17) is 4.65 Å². The van der Waals surface area contributed by atoms with Gasteiger partial charge in [-0.25, -0.2) is 0 Å². The zero-order valence-electron chi connectivity index (χ0n) is 14.0. The molecule has 2 aliphatic rings. The van der Waals surface area contributed by atoms with Gasteiger partial charge in [-0.3, -0.25) is 0 Å². The highest BCUT2D eigenvalue weighted by atomic mass is 16.5. The van der Waals surface area contributed by atoms with E-state index in [1.54, 1.807) is 0 Å². The summed E-state index contributed by atoms with van der Waals surface area (Å²) in [5.41, 5.74) is 2.23. The Labute approximate surface area is 141 Å². The second kappa shape index (κ2) is 6.94. The van der Waals surface area contributed by atoms with Crippen molar-refractivity contribution < 1.29 is 4.65 Å². The van der Waals surface area contributed by atoms with Crippen LogP contribution in [0.1, 0.15) is 24.0 Å². The first-order valence-electron chi connectivity index (χ1n) is 8.45. The molecular weight excluding hydrogens is 280 g/mol. The monoisotopic (exact) mass is 303 g/mol. The number of hydrogen-bond donors (Lipinski definition) is 0. The lowest BCUT2D eigenvalue weighted by Crippen LogP contribution is -2.41. The molecule has 2 aromatic carbocycles. The van der Waals surface area contributed by atoms with E-state index in [1.165, 1.54) is 30.8 Å². The van der Waals surface area contributed by atoms with Gasteiger partial charge in [0.2, 0.25) is 0 Å². The average Bonchev–Trinajstić information content (AvgIpc) is 3.22. The number of benzene rings is 2. The van der Waals surface area contributed by atoms with Gasteiger partial charge >= 0.3 is 7.05 Å². The Morgan fingerprint density at radius 1 is 1.00 bits per heavy atom. The summed E-state index contributed by atoms with van der Waals surface area (Å²) in [5, 5.41) is 0. The number of nitrogens with zero attached hydrogens (tertiary/aromatic N) is 1. The molecule has 2 heterocycles. The van der Waals surface area contributed by atoms with Crippen molar-refractivity contribution >= 4 is 14.9 Å². The topological polar surface area (TPSA) is 12.5 Å². The fourth-order valence-corrected chi connectivity index (χ4v) is 4.14. The molecule has 2 saturated heterocycles. The van der Waals surface area contributed by atoms with Gasteiger partial charge in [0.05, 0.1) is 7.85 Å². The summed E-state index contributed by atoms with van der Waals surface area (Å²) in [6.45, 7) is 4.83. The van der Waals surface area contributed by atoms with Gasteiger partial charge in [-0.15, -0.1) is 0 Å². The van der Waals surface area contributed by atoms with E-state index in [-0.39, 0.29) is 12.7 Å². The lowest BCUT2D eigenvalue weighted by molar-refractivity contribution is 0.106. The molecule has 1 unspecified atom stereocenters. The Bertz CT molecular complexity index is 580. The number of hydrogen-bond acceptors (Lipinski definition) is 2. The Hall–Kier alpha value is -1.51. The second-order valence-electron chi connectivity index (χ2n) is 6.08. The first-order valence-corrected chi connectivity index (χ1v) is 8.45. The van der Waals surface area contributed by atoms with E-state index in [1.807, 2.05) is 0 Å². The molecule has 0 N–H and O–H groups in total. The third-order valence-electron chi connectivity index (χ3n) is 4.99. The van der Waals surface area contributed by atoms with Crippen LogP contribution in [-0.4, -0.2) is 32.3 Å². The molecule has 116 valence electrons. The summed E-state index contributed by atoms with van der Waals surface area (Å²) in [6, 6.07) is 21.9. The molecule has 2 fully saturated rings.